The number of carbonyl (C=O) groups is 4. The lowest BCUT2D eigenvalue weighted by Gasteiger charge is -2.42. The first-order valence-electron chi connectivity index (χ1n) is 12.6. The Hall–Kier alpha value is -3.14. The molecule has 3 amide bonds. The summed E-state index contributed by atoms with van der Waals surface area (Å²) in [5, 5.41) is 10.4. The van der Waals surface area contributed by atoms with Gasteiger partial charge in [-0.15, -0.1) is 0 Å². The van der Waals surface area contributed by atoms with Gasteiger partial charge in [-0.25, -0.2) is 9.59 Å². The molecule has 2 aliphatic heterocycles. The molecule has 3 fully saturated rings. The number of methoxy groups -OCH3 is 1. The molecule has 196 valence electrons. The number of amides is 3. The average molecular weight is 502 g/mol. The topological polar surface area (TPSA) is 117 Å². The summed E-state index contributed by atoms with van der Waals surface area (Å²) in [5.74, 6) is -1.09. The SMILES string of the molecule is COC(=O)[C@@H]1CN(C(=O)OCc2ccccc2)C(C)C(=O)N1CCCC(=O)N1CCC2(CC2)[C@H](O)C1. The van der Waals surface area contributed by atoms with Crippen LogP contribution >= 0.6 is 0 Å². The van der Waals surface area contributed by atoms with Gasteiger partial charge in [-0.1, -0.05) is 30.3 Å². The Morgan fingerprint density at radius 3 is 2.47 bits per heavy atom. The Morgan fingerprint density at radius 2 is 1.83 bits per heavy atom. The second-order valence-electron chi connectivity index (χ2n) is 10.0. The Bertz CT molecular complexity index is 981. The molecule has 1 aromatic carbocycles. The monoisotopic (exact) mass is 501 g/mol. The molecule has 1 aliphatic carbocycles. The molecule has 10 nitrogen and oxygen atoms in total. The molecule has 0 bridgehead atoms. The molecule has 3 atom stereocenters. The number of hydrogen-bond acceptors (Lipinski definition) is 7. The number of rotatable bonds is 7. The van der Waals surface area contributed by atoms with Gasteiger partial charge >= 0.3 is 12.1 Å². The highest BCUT2D eigenvalue weighted by atomic mass is 16.6. The van der Waals surface area contributed by atoms with Crippen molar-refractivity contribution in [3.8, 4) is 0 Å². The molecule has 0 radical (unpaired) electrons. The van der Waals surface area contributed by atoms with Crippen LogP contribution in [0, 0.1) is 5.41 Å². The first-order valence-corrected chi connectivity index (χ1v) is 12.6. The summed E-state index contributed by atoms with van der Waals surface area (Å²) in [6.45, 7) is 2.77. The van der Waals surface area contributed by atoms with Gasteiger partial charge < -0.3 is 24.4 Å². The van der Waals surface area contributed by atoms with Crippen molar-refractivity contribution in [3.63, 3.8) is 0 Å². The van der Waals surface area contributed by atoms with Crippen molar-refractivity contribution in [3.05, 3.63) is 35.9 Å². The van der Waals surface area contributed by atoms with Crippen LogP contribution in [0.4, 0.5) is 4.79 Å². The zero-order valence-corrected chi connectivity index (χ0v) is 20.9. The number of likely N-dealkylation sites (tertiary alicyclic amines) is 1. The number of carbonyl (C=O) groups excluding carboxylic acids is 4. The summed E-state index contributed by atoms with van der Waals surface area (Å²) in [7, 11) is 1.24. The highest BCUT2D eigenvalue weighted by molar-refractivity contribution is 5.92. The van der Waals surface area contributed by atoms with E-state index in [1.807, 2.05) is 30.3 Å². The zero-order chi connectivity index (χ0) is 25.9. The van der Waals surface area contributed by atoms with Crippen molar-refractivity contribution in [1.82, 2.24) is 14.7 Å². The second kappa shape index (κ2) is 10.9. The normalized spacial score (nSPS) is 25.0. The van der Waals surface area contributed by atoms with Gasteiger partial charge in [0.1, 0.15) is 18.7 Å². The Morgan fingerprint density at radius 1 is 1.11 bits per heavy atom. The Labute approximate surface area is 211 Å². The molecule has 4 rings (SSSR count). The van der Waals surface area contributed by atoms with E-state index in [-0.39, 0.29) is 37.4 Å². The van der Waals surface area contributed by atoms with Gasteiger partial charge in [0.2, 0.25) is 11.8 Å². The number of nitrogens with zero attached hydrogens (tertiary/aromatic N) is 3. The highest BCUT2D eigenvalue weighted by Crippen LogP contribution is 2.53. The van der Waals surface area contributed by atoms with Crippen LogP contribution in [0.1, 0.15) is 44.6 Å². The fraction of sp³-hybridized carbons (Fsp3) is 0.615. The third-order valence-electron chi connectivity index (χ3n) is 7.78. The third-order valence-corrected chi connectivity index (χ3v) is 7.78. The van der Waals surface area contributed by atoms with E-state index in [1.54, 1.807) is 11.8 Å². The molecule has 3 aliphatic rings. The van der Waals surface area contributed by atoms with Crippen molar-refractivity contribution in [1.29, 1.82) is 0 Å². The van der Waals surface area contributed by atoms with E-state index < -0.39 is 36.2 Å². The van der Waals surface area contributed by atoms with Crippen LogP contribution in [0.3, 0.4) is 0 Å². The molecule has 2 saturated heterocycles. The molecule has 36 heavy (non-hydrogen) atoms. The Balaban J connectivity index is 1.32. The second-order valence-corrected chi connectivity index (χ2v) is 10.0. The minimum absolute atomic E-state index is 0.0228. The maximum absolute atomic E-state index is 13.2. The fourth-order valence-corrected chi connectivity index (χ4v) is 5.16. The molecule has 1 N–H and O–H groups in total. The van der Waals surface area contributed by atoms with Crippen LogP contribution in [0.15, 0.2) is 30.3 Å². The lowest BCUT2D eigenvalue weighted by molar-refractivity contribution is -0.160. The van der Waals surface area contributed by atoms with Gasteiger partial charge in [0.15, 0.2) is 0 Å². The molecule has 1 unspecified atom stereocenters. The van der Waals surface area contributed by atoms with Crippen molar-refractivity contribution < 1.29 is 33.8 Å². The van der Waals surface area contributed by atoms with Gasteiger partial charge in [0.05, 0.1) is 19.8 Å². The zero-order valence-electron chi connectivity index (χ0n) is 20.9. The summed E-state index contributed by atoms with van der Waals surface area (Å²) in [4.78, 5) is 55.5. The number of aliphatic hydroxyl groups excluding tert-OH is 1. The van der Waals surface area contributed by atoms with E-state index >= 15 is 0 Å². The molecule has 1 saturated carbocycles. The van der Waals surface area contributed by atoms with Gasteiger partial charge in [-0.05, 0) is 43.6 Å². The molecule has 1 spiro atoms. The van der Waals surface area contributed by atoms with E-state index in [0.717, 1.165) is 24.8 Å². The van der Waals surface area contributed by atoms with Crippen molar-refractivity contribution in [2.45, 2.75) is 63.8 Å². The first-order chi connectivity index (χ1) is 17.3. The van der Waals surface area contributed by atoms with Crippen LogP contribution in [-0.2, 0) is 30.5 Å². The minimum atomic E-state index is -0.982. The summed E-state index contributed by atoms with van der Waals surface area (Å²) < 4.78 is 10.3. The maximum Gasteiger partial charge on any atom is 0.410 e. The number of piperidine rings is 1. The van der Waals surface area contributed by atoms with E-state index in [2.05, 4.69) is 0 Å². The number of aliphatic hydroxyl groups is 1. The van der Waals surface area contributed by atoms with Gasteiger partial charge in [-0.3, -0.25) is 14.5 Å². The van der Waals surface area contributed by atoms with Gasteiger partial charge in [0, 0.05) is 26.1 Å². The highest BCUT2D eigenvalue weighted by Gasteiger charge is 2.51. The molecular weight excluding hydrogens is 466 g/mol. The van der Waals surface area contributed by atoms with Crippen molar-refractivity contribution in [2.24, 2.45) is 5.41 Å². The van der Waals surface area contributed by atoms with Crippen molar-refractivity contribution in [2.75, 3.05) is 33.3 Å². The third kappa shape index (κ3) is 5.48. The Kier molecular flexibility index (Phi) is 7.82. The summed E-state index contributed by atoms with van der Waals surface area (Å²) in [5.41, 5.74) is 0.834. The summed E-state index contributed by atoms with van der Waals surface area (Å²) in [6.07, 6.45) is 2.28. The van der Waals surface area contributed by atoms with Gasteiger partial charge in [0.25, 0.3) is 0 Å². The number of piperazine rings is 1. The molecule has 2 heterocycles. The average Bonchev–Trinajstić information content (AvgIpc) is 3.67. The van der Waals surface area contributed by atoms with E-state index in [0.29, 0.717) is 19.5 Å². The van der Waals surface area contributed by atoms with Gasteiger partial charge in [-0.2, -0.15) is 0 Å². The predicted octanol–water partition coefficient (Wildman–Crippen LogP) is 1.55. The fourth-order valence-electron chi connectivity index (χ4n) is 5.16. The quantitative estimate of drug-likeness (QED) is 0.564. The lowest BCUT2D eigenvalue weighted by Crippen LogP contribution is -2.64. The summed E-state index contributed by atoms with van der Waals surface area (Å²) in [6, 6.07) is 7.38. The first kappa shape index (κ1) is 25.9. The number of ether oxygens (including phenoxy) is 2. The number of β-amino-alcohol motifs (C(OH)–C–C–N with tert-alkyl or cyclic N) is 1. The number of esters is 1. The standard InChI is InChI=1S/C26H35N3O7/c1-18-23(32)28(13-6-9-22(31)27-14-12-26(10-11-26)21(30)16-27)20(24(33)35-2)15-29(18)25(34)36-17-19-7-4-3-5-8-19/h3-5,7-8,18,20-21,30H,6,9-17H2,1-2H3/t18?,20-,21+/m0/s1. The van der Waals surface area contributed by atoms with E-state index in [9.17, 15) is 24.3 Å². The van der Waals surface area contributed by atoms with E-state index in [1.165, 1.54) is 16.9 Å². The van der Waals surface area contributed by atoms with E-state index in [4.69, 9.17) is 9.47 Å². The van der Waals surface area contributed by atoms with Crippen LogP contribution in [-0.4, -0.2) is 95.2 Å². The molecule has 10 heteroatoms. The number of benzene rings is 1. The lowest BCUT2D eigenvalue weighted by atomic mass is 9.90. The largest absolute Gasteiger partial charge is 0.467 e. The smallest absolute Gasteiger partial charge is 0.410 e. The minimum Gasteiger partial charge on any atom is -0.467 e. The van der Waals surface area contributed by atoms with Crippen LogP contribution in [0.5, 0.6) is 0 Å². The molecule has 0 aromatic heterocycles. The number of hydrogen-bond donors (Lipinski definition) is 1. The van der Waals surface area contributed by atoms with Crippen LogP contribution < -0.4 is 0 Å². The molecule has 1 aromatic rings. The van der Waals surface area contributed by atoms with Crippen LogP contribution in [0.2, 0.25) is 0 Å². The molecular formula is C26H35N3O7. The predicted molar refractivity (Wildman–Crippen MR) is 128 cm³/mol. The van der Waals surface area contributed by atoms with Crippen molar-refractivity contribution >= 4 is 23.9 Å². The van der Waals surface area contributed by atoms with Crippen LogP contribution in [0.25, 0.3) is 0 Å². The maximum atomic E-state index is 13.2. The summed E-state index contributed by atoms with van der Waals surface area (Å²) >= 11 is 0.